The van der Waals surface area contributed by atoms with Crippen molar-refractivity contribution in [2.45, 2.75) is 12.0 Å². The molecule has 1 aliphatic heterocycles. The van der Waals surface area contributed by atoms with Crippen LogP contribution in [0, 0.1) is 0 Å². The fourth-order valence-corrected chi connectivity index (χ4v) is 19.7. The van der Waals surface area contributed by atoms with Gasteiger partial charge in [0.15, 0.2) is 0 Å². The van der Waals surface area contributed by atoms with Crippen molar-refractivity contribution in [1.82, 2.24) is 14.1 Å². The molecule has 3 heterocycles. The number of allylic oxidation sites excluding steroid dienone is 2. The number of anilines is 2. The minimum atomic E-state index is 0.0967. The van der Waals surface area contributed by atoms with E-state index in [1.807, 2.05) is 0 Å². The van der Waals surface area contributed by atoms with Crippen LogP contribution in [0.2, 0.25) is 0 Å². The highest BCUT2D eigenvalue weighted by Crippen LogP contribution is 2.61. The van der Waals surface area contributed by atoms with Crippen LogP contribution in [0.4, 0.5) is 11.4 Å². The Kier molecular flexibility index (Phi) is 14.8. The van der Waals surface area contributed by atoms with Crippen LogP contribution < -0.4 is 4.90 Å². The fourth-order valence-electron chi connectivity index (χ4n) is 19.7. The molecule has 0 bridgehead atoms. The Morgan fingerprint density at radius 3 is 1.11 bits per heavy atom. The quantitative estimate of drug-likeness (QED) is 0.0900. The molecule has 113 heavy (non-hydrogen) atoms. The molecular formula is C109H70N4. The largest absolute Gasteiger partial charge is 0.332 e. The average Bonchev–Trinajstić information content (AvgIpc) is 1.46. The summed E-state index contributed by atoms with van der Waals surface area (Å²) in [5.74, 6) is 1.03. The lowest BCUT2D eigenvalue weighted by atomic mass is 9.73. The molecule has 2 aromatic heterocycles. The minimum absolute atomic E-state index is 0.0967. The maximum absolute atomic E-state index is 5.61. The van der Waals surface area contributed by atoms with Gasteiger partial charge in [0.2, 0.25) is 0 Å². The zero-order valence-corrected chi connectivity index (χ0v) is 61.7. The summed E-state index contributed by atoms with van der Waals surface area (Å²) in [6.07, 6.45) is 9.26. The SMILES string of the molecule is C1=CC2c3ccc4c5ccccc5n(-c5cccc(-c6c(-c7ccccc7)c(-c7cccc(-c8nc9ccccc9n8-c8ccccc8)c7)c7c8cccc9c%10c(-c%11ccccc%11)c(-c%11ccccc%11)c(-c%11ccccc%11)c(-c%11ccccc%11)c%10c%10cccc(c7c6-c6ccccc6)c%10c98)c5)c4c3N(c3ccccc3)C2C=C1. The monoisotopic (exact) mass is 1430 g/mol. The molecule has 526 valence electrons. The van der Waals surface area contributed by atoms with Crippen LogP contribution in [0.25, 0.3) is 198 Å². The van der Waals surface area contributed by atoms with E-state index in [2.05, 4.69) is 427 Å². The zero-order chi connectivity index (χ0) is 74.2. The van der Waals surface area contributed by atoms with E-state index in [1.165, 1.54) is 109 Å². The molecule has 0 saturated carbocycles. The Hall–Kier alpha value is -14.7. The van der Waals surface area contributed by atoms with Crippen LogP contribution in [0.1, 0.15) is 11.5 Å². The number of rotatable bonds is 12. The Labute approximate surface area is 654 Å². The van der Waals surface area contributed by atoms with Gasteiger partial charge in [0.1, 0.15) is 5.82 Å². The van der Waals surface area contributed by atoms with Gasteiger partial charge < -0.3 is 9.47 Å². The summed E-state index contributed by atoms with van der Waals surface area (Å²) in [5.41, 5.74) is 29.6. The maximum Gasteiger partial charge on any atom is 0.145 e. The molecule has 0 saturated heterocycles. The molecule has 2 atom stereocenters. The van der Waals surface area contributed by atoms with Crippen LogP contribution in [0.5, 0.6) is 0 Å². The smallest absolute Gasteiger partial charge is 0.145 e. The Bertz CT molecular complexity index is 7430. The van der Waals surface area contributed by atoms with E-state index >= 15 is 0 Å². The van der Waals surface area contributed by atoms with Gasteiger partial charge in [-0.15, -0.1) is 0 Å². The normalized spacial score (nSPS) is 13.9. The topological polar surface area (TPSA) is 26.0 Å². The number of hydrogen-bond acceptors (Lipinski definition) is 2. The number of para-hydroxylation sites is 5. The van der Waals surface area contributed by atoms with E-state index in [0.717, 1.165) is 106 Å². The Morgan fingerprint density at radius 1 is 0.230 bits per heavy atom. The summed E-state index contributed by atoms with van der Waals surface area (Å²) < 4.78 is 4.93. The fraction of sp³-hybridized carbons (Fsp3) is 0.0183. The van der Waals surface area contributed by atoms with Crippen molar-refractivity contribution in [3.63, 3.8) is 0 Å². The lowest BCUT2D eigenvalue weighted by molar-refractivity contribution is 0.745. The lowest BCUT2D eigenvalue weighted by Crippen LogP contribution is -2.28. The third kappa shape index (κ3) is 9.86. The predicted molar refractivity (Wildman–Crippen MR) is 476 cm³/mol. The number of benzene rings is 19. The summed E-state index contributed by atoms with van der Waals surface area (Å²) in [7, 11) is 0. The molecule has 0 N–H and O–H groups in total. The summed E-state index contributed by atoms with van der Waals surface area (Å²) >= 11 is 0. The molecule has 0 amide bonds. The Balaban J connectivity index is 0.928. The van der Waals surface area contributed by atoms with Crippen molar-refractivity contribution in [1.29, 1.82) is 0 Å². The molecule has 4 nitrogen and oxygen atoms in total. The first-order valence-corrected chi connectivity index (χ1v) is 39.3. The van der Waals surface area contributed by atoms with Crippen molar-refractivity contribution in [2.75, 3.05) is 4.90 Å². The molecule has 1 aliphatic carbocycles. The molecule has 4 heteroatoms. The number of fused-ring (bicyclic) bond motifs is 14. The molecule has 19 aromatic carbocycles. The van der Waals surface area contributed by atoms with Crippen LogP contribution in [0.3, 0.4) is 0 Å². The highest BCUT2D eigenvalue weighted by molar-refractivity contribution is 6.46. The summed E-state index contributed by atoms with van der Waals surface area (Å²) in [5, 5.41) is 14.4. The van der Waals surface area contributed by atoms with Crippen LogP contribution in [-0.4, -0.2) is 20.2 Å². The predicted octanol–water partition coefficient (Wildman–Crippen LogP) is 29.1. The molecule has 2 aliphatic rings. The van der Waals surface area contributed by atoms with Crippen molar-refractivity contribution >= 4 is 98.1 Å². The summed E-state index contributed by atoms with van der Waals surface area (Å²) in [4.78, 5) is 8.22. The van der Waals surface area contributed by atoms with Crippen molar-refractivity contribution in [2.24, 2.45) is 0 Å². The van der Waals surface area contributed by atoms with Gasteiger partial charge in [-0.2, -0.15) is 0 Å². The van der Waals surface area contributed by atoms with Gasteiger partial charge in [-0.05, 0) is 209 Å². The van der Waals surface area contributed by atoms with Gasteiger partial charge in [-0.1, -0.05) is 352 Å². The lowest BCUT2D eigenvalue weighted by Gasteiger charge is -2.30. The summed E-state index contributed by atoms with van der Waals surface area (Å²) in [6.45, 7) is 0. The molecular weight excluding hydrogens is 1370 g/mol. The van der Waals surface area contributed by atoms with Gasteiger partial charge in [0.25, 0.3) is 0 Å². The van der Waals surface area contributed by atoms with Gasteiger partial charge >= 0.3 is 0 Å². The van der Waals surface area contributed by atoms with Gasteiger partial charge in [-0.25, -0.2) is 4.98 Å². The van der Waals surface area contributed by atoms with Crippen molar-refractivity contribution in [3.05, 3.63) is 418 Å². The molecule has 0 fully saturated rings. The van der Waals surface area contributed by atoms with Crippen LogP contribution in [0.15, 0.2) is 413 Å². The first-order chi connectivity index (χ1) is 56.2. The number of hydrogen-bond donors (Lipinski definition) is 0. The molecule has 23 rings (SSSR count). The third-order valence-corrected chi connectivity index (χ3v) is 24.1. The maximum atomic E-state index is 5.61. The van der Waals surface area contributed by atoms with Crippen LogP contribution >= 0.6 is 0 Å². The first-order valence-electron chi connectivity index (χ1n) is 39.3. The van der Waals surface area contributed by atoms with E-state index < -0.39 is 0 Å². The van der Waals surface area contributed by atoms with Crippen molar-refractivity contribution in [3.8, 4) is 112 Å². The molecule has 2 unspecified atom stereocenters. The standard InChI is InChI=1S/C109H70N4/c1-9-35-69(36-10-1)93-94(70-37-11-2-12-38-70)97(73-43-17-5-18-44-73)104-86-58-34-60-88-102(86)101-85(103(104)96(93)72-41-15-4-16-42-72)57-33-59-87(101)105-98(74-45-19-6-20-46-74)99(95(71-39-13-3-14-40-71)100(106(88)105)75-47-31-49-77(67-75)109-110-89-61-27-30-64-92(89)113(109)79-52-23-8-24-53-79)76-48-32-54-80(68-76)112-91-63-29-26-56-82(91)84-66-65-83-81-55-25-28-62-90(81)111(107(83)108(84)112)78-50-21-7-22-51-78/h1-68,81,90H. The second-order valence-electron chi connectivity index (χ2n) is 30.1. The summed E-state index contributed by atoms with van der Waals surface area (Å²) in [6, 6.07) is 145. The first kappa shape index (κ1) is 64.3. The molecule has 21 aromatic rings. The van der Waals surface area contributed by atoms with E-state index in [0.29, 0.717) is 0 Å². The molecule has 0 radical (unpaired) electrons. The Morgan fingerprint density at radius 2 is 0.593 bits per heavy atom. The second-order valence-corrected chi connectivity index (χ2v) is 30.1. The zero-order valence-electron chi connectivity index (χ0n) is 61.7. The minimum Gasteiger partial charge on any atom is -0.332 e. The average molecular weight is 1440 g/mol. The van der Waals surface area contributed by atoms with E-state index in [9.17, 15) is 0 Å². The van der Waals surface area contributed by atoms with Crippen molar-refractivity contribution < 1.29 is 0 Å². The van der Waals surface area contributed by atoms with Gasteiger partial charge in [0, 0.05) is 39.3 Å². The van der Waals surface area contributed by atoms with Gasteiger partial charge in [0.05, 0.1) is 33.8 Å². The number of imidazole rings is 1. The highest BCUT2D eigenvalue weighted by atomic mass is 15.2. The number of aromatic nitrogens is 3. The van der Waals surface area contributed by atoms with E-state index in [-0.39, 0.29) is 12.0 Å². The highest BCUT2D eigenvalue weighted by Gasteiger charge is 2.41. The third-order valence-electron chi connectivity index (χ3n) is 24.1. The van der Waals surface area contributed by atoms with E-state index in [1.54, 1.807) is 0 Å². The van der Waals surface area contributed by atoms with Gasteiger partial charge in [-0.3, -0.25) is 4.57 Å². The number of nitrogens with zero attached hydrogens (tertiary/aromatic N) is 4. The second kappa shape index (κ2) is 26.0. The molecule has 0 spiro atoms. The van der Waals surface area contributed by atoms with Crippen LogP contribution in [-0.2, 0) is 0 Å². The van der Waals surface area contributed by atoms with E-state index in [4.69, 9.17) is 4.98 Å².